The van der Waals surface area contributed by atoms with Gasteiger partial charge in [0.05, 0.1) is 5.03 Å². The zero-order valence-corrected chi connectivity index (χ0v) is 13.5. The van der Waals surface area contributed by atoms with E-state index >= 15 is 0 Å². The first-order valence-electron chi connectivity index (χ1n) is 6.34. The van der Waals surface area contributed by atoms with Crippen LogP contribution >= 0.6 is 34.5 Å². The van der Waals surface area contributed by atoms with Gasteiger partial charge in [0.1, 0.15) is 17.2 Å². The van der Waals surface area contributed by atoms with Crippen LogP contribution in [0.4, 0.5) is 0 Å². The number of carboxylic acid groups (broad SMARTS) is 1. The largest absolute Gasteiger partial charge is 0.479 e. The summed E-state index contributed by atoms with van der Waals surface area (Å²) in [5, 5.41) is 11.3. The summed E-state index contributed by atoms with van der Waals surface area (Å²) in [6.45, 7) is 1.72. The topological polar surface area (TPSA) is 55.8 Å². The number of ether oxygens (including phenoxy) is 2. The molecular weight excluding hydrogens is 335 g/mol. The van der Waals surface area contributed by atoms with Gasteiger partial charge in [0.15, 0.2) is 11.2 Å². The molecular formula is C14H14Cl2O4S. The van der Waals surface area contributed by atoms with Gasteiger partial charge in [0.2, 0.25) is 0 Å². The molecule has 1 aromatic heterocycles. The molecule has 114 valence electrons. The maximum absolute atomic E-state index is 11.0. The Morgan fingerprint density at radius 2 is 2.33 bits per heavy atom. The normalized spacial score (nSPS) is 23.0. The van der Waals surface area contributed by atoms with Crippen LogP contribution in [0.2, 0.25) is 0 Å². The van der Waals surface area contributed by atoms with Crippen molar-refractivity contribution in [2.75, 3.05) is 0 Å². The lowest BCUT2D eigenvalue weighted by Gasteiger charge is -2.25. The van der Waals surface area contributed by atoms with E-state index in [1.54, 1.807) is 19.1 Å². The van der Waals surface area contributed by atoms with Gasteiger partial charge >= 0.3 is 5.97 Å². The van der Waals surface area contributed by atoms with Crippen LogP contribution in [-0.2, 0) is 9.53 Å². The summed E-state index contributed by atoms with van der Waals surface area (Å²) in [4.78, 5) is 11.0. The number of alkyl halides is 1. The molecule has 0 fully saturated rings. The molecule has 3 atom stereocenters. The van der Waals surface area contributed by atoms with Crippen LogP contribution < -0.4 is 4.74 Å². The highest BCUT2D eigenvalue weighted by Crippen LogP contribution is 2.32. The smallest absolute Gasteiger partial charge is 0.344 e. The second kappa shape index (κ2) is 7.20. The van der Waals surface area contributed by atoms with Crippen LogP contribution in [0.25, 0.3) is 0 Å². The highest BCUT2D eigenvalue weighted by atomic mass is 35.5. The second-order valence-corrected chi connectivity index (χ2v) is 6.13. The highest BCUT2D eigenvalue weighted by Gasteiger charge is 2.30. The average Bonchev–Trinajstić information content (AvgIpc) is 2.96. The molecule has 0 unspecified atom stereocenters. The van der Waals surface area contributed by atoms with E-state index in [-0.39, 0.29) is 10.8 Å². The molecule has 1 heterocycles. The van der Waals surface area contributed by atoms with Gasteiger partial charge in [-0.2, -0.15) is 0 Å². The number of rotatable bonds is 6. The number of thiophene rings is 1. The third kappa shape index (κ3) is 3.93. The maximum atomic E-state index is 11.0. The zero-order valence-electron chi connectivity index (χ0n) is 11.2. The van der Waals surface area contributed by atoms with E-state index in [9.17, 15) is 4.79 Å². The quantitative estimate of drug-likeness (QED) is 0.789. The molecule has 0 saturated carbocycles. The summed E-state index contributed by atoms with van der Waals surface area (Å²) in [7, 11) is 0. The minimum atomic E-state index is -1.04. The number of hydrogen-bond donors (Lipinski definition) is 1. The van der Waals surface area contributed by atoms with Crippen molar-refractivity contribution in [3.8, 4) is 5.06 Å². The highest BCUT2D eigenvalue weighted by molar-refractivity contribution is 7.11. The number of allylic oxidation sites excluding steroid dienone is 1. The van der Waals surface area contributed by atoms with Gasteiger partial charge in [-0.1, -0.05) is 18.5 Å². The lowest BCUT2D eigenvalue weighted by molar-refractivity contribution is -0.147. The van der Waals surface area contributed by atoms with E-state index in [0.717, 1.165) is 5.06 Å². The standard InChI is InChI=1S/C14H14Cl2O4S/c1-2-8(14(17)18)19-9-5-6-10(13(16)12(9)15)20-11-4-3-7-21-11/h3-8,10,13H,2H2,1H3,(H,17,18)/t8-,10-,13-/m0/s1. The predicted octanol–water partition coefficient (Wildman–Crippen LogP) is 4.00. The Kier molecular flexibility index (Phi) is 5.56. The van der Waals surface area contributed by atoms with Gasteiger partial charge in [-0.25, -0.2) is 4.79 Å². The lowest BCUT2D eigenvalue weighted by atomic mass is 10.1. The average molecular weight is 349 g/mol. The Bertz CT molecular complexity index is 553. The molecule has 0 aromatic carbocycles. The fraction of sp³-hybridized carbons (Fsp3) is 0.357. The van der Waals surface area contributed by atoms with Gasteiger partial charge < -0.3 is 14.6 Å². The first-order chi connectivity index (χ1) is 10.0. The van der Waals surface area contributed by atoms with Crippen LogP contribution in [0.3, 0.4) is 0 Å². The second-order valence-electron chi connectivity index (χ2n) is 4.34. The van der Waals surface area contributed by atoms with E-state index in [1.165, 1.54) is 11.3 Å². The fourth-order valence-electron chi connectivity index (χ4n) is 1.76. The van der Waals surface area contributed by atoms with Crippen LogP contribution in [0.15, 0.2) is 40.5 Å². The van der Waals surface area contributed by atoms with Crippen molar-refractivity contribution in [2.24, 2.45) is 0 Å². The predicted molar refractivity (Wildman–Crippen MR) is 83.2 cm³/mol. The Morgan fingerprint density at radius 1 is 1.57 bits per heavy atom. The zero-order chi connectivity index (χ0) is 15.4. The molecule has 1 N–H and O–H groups in total. The molecule has 7 heteroatoms. The van der Waals surface area contributed by atoms with Gasteiger partial charge in [-0.15, -0.1) is 22.9 Å². The van der Waals surface area contributed by atoms with Crippen molar-refractivity contribution in [1.82, 2.24) is 0 Å². The molecule has 1 aliphatic rings. The Balaban J connectivity index is 2.07. The Morgan fingerprint density at radius 3 is 2.90 bits per heavy atom. The molecule has 1 aliphatic carbocycles. The molecule has 0 bridgehead atoms. The van der Waals surface area contributed by atoms with E-state index in [2.05, 4.69) is 0 Å². The summed E-state index contributed by atoms with van der Waals surface area (Å²) >= 11 is 13.9. The van der Waals surface area contributed by atoms with Crippen LogP contribution in [-0.4, -0.2) is 28.7 Å². The van der Waals surface area contributed by atoms with Gasteiger partial charge in [0, 0.05) is 0 Å². The van der Waals surface area contributed by atoms with E-state index < -0.39 is 23.6 Å². The molecule has 2 rings (SSSR count). The van der Waals surface area contributed by atoms with Crippen molar-refractivity contribution in [3.05, 3.63) is 40.5 Å². The first kappa shape index (κ1) is 16.2. The third-order valence-corrected chi connectivity index (χ3v) is 4.62. The first-order valence-corrected chi connectivity index (χ1v) is 8.04. The van der Waals surface area contributed by atoms with Gasteiger partial charge in [-0.3, -0.25) is 0 Å². The summed E-state index contributed by atoms with van der Waals surface area (Å²) in [5.74, 6) is -0.761. The van der Waals surface area contributed by atoms with E-state index in [0.29, 0.717) is 6.42 Å². The van der Waals surface area contributed by atoms with Crippen molar-refractivity contribution in [2.45, 2.75) is 30.9 Å². The number of halogens is 2. The van der Waals surface area contributed by atoms with Crippen molar-refractivity contribution in [1.29, 1.82) is 0 Å². The van der Waals surface area contributed by atoms with Gasteiger partial charge in [-0.05, 0) is 36.1 Å². The molecule has 21 heavy (non-hydrogen) atoms. The summed E-state index contributed by atoms with van der Waals surface area (Å²) < 4.78 is 11.1. The molecule has 0 spiro atoms. The Hall–Kier alpha value is -1.17. The van der Waals surface area contributed by atoms with Crippen LogP contribution in [0, 0.1) is 0 Å². The summed E-state index contributed by atoms with van der Waals surface area (Å²) in [5.41, 5.74) is 0. The number of carbonyl (C=O) groups is 1. The minimum absolute atomic E-state index is 0.250. The summed E-state index contributed by atoms with van der Waals surface area (Å²) in [6.07, 6.45) is 2.28. The van der Waals surface area contributed by atoms with E-state index in [1.807, 2.05) is 17.5 Å². The van der Waals surface area contributed by atoms with E-state index in [4.69, 9.17) is 37.8 Å². The fourth-order valence-corrected chi connectivity index (χ4v) is 2.85. The summed E-state index contributed by atoms with van der Waals surface area (Å²) in [6, 6.07) is 3.71. The molecule has 1 aromatic rings. The molecule has 0 radical (unpaired) electrons. The van der Waals surface area contributed by atoms with Crippen LogP contribution in [0.1, 0.15) is 13.3 Å². The maximum Gasteiger partial charge on any atom is 0.344 e. The van der Waals surface area contributed by atoms with Crippen molar-refractivity contribution >= 4 is 40.5 Å². The number of aliphatic carboxylic acids is 1. The molecule has 0 amide bonds. The lowest BCUT2D eigenvalue weighted by Crippen LogP contribution is -2.30. The van der Waals surface area contributed by atoms with Crippen molar-refractivity contribution < 1.29 is 19.4 Å². The molecule has 0 aliphatic heterocycles. The number of carboxylic acids is 1. The van der Waals surface area contributed by atoms with Crippen LogP contribution in [0.5, 0.6) is 5.06 Å². The SMILES string of the molecule is CC[C@H](OC1=C(Cl)[C@@H](Cl)[C@@H](Oc2cccs2)C=C1)C(=O)O. The minimum Gasteiger partial charge on any atom is -0.479 e. The van der Waals surface area contributed by atoms with Gasteiger partial charge in [0.25, 0.3) is 0 Å². The van der Waals surface area contributed by atoms with Crippen molar-refractivity contribution in [3.63, 3.8) is 0 Å². The third-order valence-electron chi connectivity index (χ3n) is 2.87. The monoisotopic (exact) mass is 348 g/mol. The number of hydrogen-bond acceptors (Lipinski definition) is 4. The molecule has 4 nitrogen and oxygen atoms in total. The Labute approximate surface area is 136 Å². The molecule has 0 saturated heterocycles.